The fraction of sp³-hybridized carbons (Fsp3) is 0.143. The molecule has 0 radical (unpaired) electrons. The first kappa shape index (κ1) is 6.67. The second-order valence-corrected chi connectivity index (χ2v) is 2.57. The Labute approximate surface area is 69.5 Å². The summed E-state index contributed by atoms with van der Waals surface area (Å²) in [6, 6.07) is 1.86. The van der Waals surface area contributed by atoms with Crippen molar-refractivity contribution in [2.75, 3.05) is 0 Å². The molecule has 56 valence electrons. The zero-order valence-electron chi connectivity index (χ0n) is 5.81. The number of hydrogen-bond acceptors (Lipinski definition) is 3. The number of thiol groups is 1. The van der Waals surface area contributed by atoms with Crippen LogP contribution < -0.4 is 0 Å². The van der Waals surface area contributed by atoms with E-state index in [2.05, 4.69) is 22.7 Å². The largest absolute Gasteiger partial charge is 0.237 e. The third kappa shape index (κ3) is 1.09. The molecule has 0 aliphatic carbocycles. The second kappa shape index (κ2) is 2.54. The third-order valence-electron chi connectivity index (χ3n) is 1.48. The summed E-state index contributed by atoms with van der Waals surface area (Å²) < 4.78 is 1.74. The second-order valence-electron chi connectivity index (χ2n) is 2.25. The van der Waals surface area contributed by atoms with Gasteiger partial charge in [0.25, 0.3) is 0 Å². The van der Waals surface area contributed by atoms with Gasteiger partial charge in [-0.3, -0.25) is 0 Å². The van der Waals surface area contributed by atoms with E-state index < -0.39 is 0 Å². The van der Waals surface area contributed by atoms with Crippen LogP contribution in [0.3, 0.4) is 0 Å². The molecule has 0 saturated heterocycles. The highest BCUT2D eigenvalue weighted by atomic mass is 32.1. The van der Waals surface area contributed by atoms with Gasteiger partial charge in [0.2, 0.25) is 0 Å². The van der Waals surface area contributed by atoms with Crippen LogP contribution in [0.1, 0.15) is 5.56 Å². The first-order chi connectivity index (χ1) is 5.40. The molecule has 0 aliphatic heterocycles. The van der Waals surface area contributed by atoms with Crippen molar-refractivity contribution in [3.63, 3.8) is 0 Å². The molecule has 2 aromatic rings. The lowest BCUT2D eigenvalue weighted by Gasteiger charge is -1.95. The molecule has 2 heterocycles. The maximum atomic E-state index is 4.16. The molecule has 2 rings (SSSR count). The maximum Gasteiger partial charge on any atom is 0.154 e. The Kier molecular flexibility index (Phi) is 1.54. The molecule has 4 heteroatoms. The van der Waals surface area contributed by atoms with Crippen LogP contribution in [0.2, 0.25) is 0 Å². The molecule has 0 fully saturated rings. The first-order valence-corrected chi connectivity index (χ1v) is 3.92. The van der Waals surface area contributed by atoms with E-state index in [4.69, 9.17) is 0 Å². The van der Waals surface area contributed by atoms with Crippen LogP contribution >= 0.6 is 12.6 Å². The van der Waals surface area contributed by atoms with Gasteiger partial charge in [-0.15, -0.1) is 0 Å². The Hall–Kier alpha value is -1.03. The van der Waals surface area contributed by atoms with Crippen molar-refractivity contribution in [2.24, 2.45) is 0 Å². The molecule has 11 heavy (non-hydrogen) atoms. The predicted octanol–water partition coefficient (Wildman–Crippen LogP) is 1.16. The van der Waals surface area contributed by atoms with Crippen LogP contribution in [0, 0.1) is 0 Å². The minimum Gasteiger partial charge on any atom is -0.237 e. The highest BCUT2D eigenvalue weighted by Crippen LogP contribution is 2.03. The summed E-state index contributed by atoms with van der Waals surface area (Å²) in [5.41, 5.74) is 1.94. The van der Waals surface area contributed by atoms with E-state index in [0.717, 1.165) is 11.2 Å². The Balaban J connectivity index is 2.67. The van der Waals surface area contributed by atoms with Crippen molar-refractivity contribution >= 4 is 18.3 Å². The van der Waals surface area contributed by atoms with E-state index >= 15 is 0 Å². The summed E-state index contributed by atoms with van der Waals surface area (Å²) in [7, 11) is 0. The van der Waals surface area contributed by atoms with Crippen molar-refractivity contribution in [3.8, 4) is 0 Å². The quantitative estimate of drug-likeness (QED) is 0.643. The van der Waals surface area contributed by atoms with E-state index in [-0.39, 0.29) is 0 Å². The monoisotopic (exact) mass is 165 g/mol. The minimum atomic E-state index is 0.697. The van der Waals surface area contributed by atoms with Crippen LogP contribution in [0.4, 0.5) is 0 Å². The molecule has 0 spiro atoms. The van der Waals surface area contributed by atoms with Gasteiger partial charge in [0.05, 0.1) is 6.20 Å². The molecular formula is C7H7N3S. The zero-order valence-corrected chi connectivity index (χ0v) is 6.70. The van der Waals surface area contributed by atoms with E-state index in [1.54, 1.807) is 10.7 Å². The fourth-order valence-electron chi connectivity index (χ4n) is 0.930. The number of nitrogens with zero attached hydrogens (tertiary/aromatic N) is 3. The molecule has 0 amide bonds. The lowest BCUT2D eigenvalue weighted by atomic mass is 10.4. The van der Waals surface area contributed by atoms with Crippen LogP contribution in [-0.4, -0.2) is 14.6 Å². The number of aromatic nitrogens is 3. The normalized spacial score (nSPS) is 10.6. The number of rotatable bonds is 1. The van der Waals surface area contributed by atoms with E-state index in [9.17, 15) is 0 Å². The van der Waals surface area contributed by atoms with Gasteiger partial charge in [-0.25, -0.2) is 9.50 Å². The van der Waals surface area contributed by atoms with Gasteiger partial charge in [0, 0.05) is 24.2 Å². The number of fused-ring (bicyclic) bond motifs is 1. The molecule has 0 saturated carbocycles. The van der Waals surface area contributed by atoms with Crippen LogP contribution in [0.15, 0.2) is 24.7 Å². The number of hydrogen-bond donors (Lipinski definition) is 1. The van der Waals surface area contributed by atoms with Crippen molar-refractivity contribution < 1.29 is 0 Å². The van der Waals surface area contributed by atoms with E-state index in [1.807, 2.05) is 18.5 Å². The smallest absolute Gasteiger partial charge is 0.154 e. The van der Waals surface area contributed by atoms with E-state index in [0.29, 0.717) is 5.75 Å². The van der Waals surface area contributed by atoms with Gasteiger partial charge in [-0.1, -0.05) is 0 Å². The van der Waals surface area contributed by atoms with Gasteiger partial charge in [0.1, 0.15) is 0 Å². The summed E-state index contributed by atoms with van der Waals surface area (Å²) in [6.45, 7) is 0. The summed E-state index contributed by atoms with van der Waals surface area (Å²) in [4.78, 5) is 4.16. The van der Waals surface area contributed by atoms with Crippen molar-refractivity contribution in [1.29, 1.82) is 0 Å². The zero-order chi connectivity index (χ0) is 7.68. The molecule has 3 nitrogen and oxygen atoms in total. The third-order valence-corrected chi connectivity index (χ3v) is 1.85. The summed E-state index contributed by atoms with van der Waals surface area (Å²) in [5, 5.41) is 4.05. The molecule has 0 aliphatic rings. The Bertz CT molecular complexity index is 368. The van der Waals surface area contributed by atoms with E-state index in [1.165, 1.54) is 0 Å². The molecule has 2 aromatic heterocycles. The fourth-order valence-corrected chi connectivity index (χ4v) is 1.09. The average Bonchev–Trinajstić information content (AvgIpc) is 2.50. The first-order valence-electron chi connectivity index (χ1n) is 3.29. The SMILES string of the molecule is SCc1cnc2ccnn2c1. The Morgan fingerprint density at radius 1 is 1.55 bits per heavy atom. The summed E-state index contributed by atoms with van der Waals surface area (Å²) >= 11 is 4.14. The molecule has 0 atom stereocenters. The highest BCUT2D eigenvalue weighted by molar-refractivity contribution is 7.79. The van der Waals surface area contributed by atoms with Gasteiger partial charge >= 0.3 is 0 Å². The van der Waals surface area contributed by atoms with Crippen molar-refractivity contribution in [2.45, 2.75) is 5.75 Å². The van der Waals surface area contributed by atoms with Crippen molar-refractivity contribution in [1.82, 2.24) is 14.6 Å². The van der Waals surface area contributed by atoms with Crippen LogP contribution in [0.25, 0.3) is 5.65 Å². The summed E-state index contributed by atoms with van der Waals surface area (Å²) in [6.07, 6.45) is 5.46. The molecule has 0 unspecified atom stereocenters. The standard InChI is InChI=1S/C7H7N3S/c11-5-6-3-8-7-1-2-9-10(7)4-6/h1-4,11H,5H2. The van der Waals surface area contributed by atoms with Gasteiger partial charge in [0.15, 0.2) is 5.65 Å². The molecule has 0 aromatic carbocycles. The lowest BCUT2D eigenvalue weighted by Crippen LogP contribution is -1.91. The summed E-state index contributed by atoms with van der Waals surface area (Å²) in [5.74, 6) is 0.697. The topological polar surface area (TPSA) is 30.2 Å². The molecule has 0 bridgehead atoms. The molecule has 0 N–H and O–H groups in total. The maximum absolute atomic E-state index is 4.16. The van der Waals surface area contributed by atoms with Gasteiger partial charge in [-0.2, -0.15) is 17.7 Å². The predicted molar refractivity (Wildman–Crippen MR) is 45.7 cm³/mol. The Morgan fingerprint density at radius 3 is 3.27 bits per heavy atom. The highest BCUT2D eigenvalue weighted by Gasteiger charge is 1.94. The van der Waals surface area contributed by atoms with Gasteiger partial charge < -0.3 is 0 Å². The minimum absolute atomic E-state index is 0.697. The van der Waals surface area contributed by atoms with Crippen molar-refractivity contribution in [3.05, 3.63) is 30.2 Å². The van der Waals surface area contributed by atoms with Crippen LogP contribution in [-0.2, 0) is 5.75 Å². The van der Waals surface area contributed by atoms with Crippen LogP contribution in [0.5, 0.6) is 0 Å². The van der Waals surface area contributed by atoms with Gasteiger partial charge in [-0.05, 0) is 5.56 Å². The molecular weight excluding hydrogens is 158 g/mol. The average molecular weight is 165 g/mol. The Morgan fingerprint density at radius 2 is 2.45 bits per heavy atom. The lowest BCUT2D eigenvalue weighted by molar-refractivity contribution is 0.926.